The van der Waals surface area contributed by atoms with Gasteiger partial charge in [-0.2, -0.15) is 5.10 Å². The van der Waals surface area contributed by atoms with E-state index < -0.39 is 0 Å². The van der Waals surface area contributed by atoms with E-state index in [1.165, 1.54) is 0 Å². The Hall–Kier alpha value is -2.24. The summed E-state index contributed by atoms with van der Waals surface area (Å²) in [6.45, 7) is 0. The van der Waals surface area contributed by atoms with Crippen LogP contribution < -0.4 is 0 Å². The average molecular weight is 355 g/mol. The minimum Gasteiger partial charge on any atom is -0.393 e. The third-order valence-electron chi connectivity index (χ3n) is 4.86. The first-order valence-electron chi connectivity index (χ1n) is 8.51. The van der Waals surface area contributed by atoms with E-state index in [4.69, 9.17) is 11.6 Å². The number of hydrogen-bond donors (Lipinski definition) is 2. The molecule has 0 amide bonds. The fraction of sp³-hybridized carbons (Fsp3) is 0.316. The van der Waals surface area contributed by atoms with Crippen LogP contribution in [0.3, 0.4) is 0 Å². The van der Waals surface area contributed by atoms with Crippen LogP contribution in [-0.2, 0) is 0 Å². The first kappa shape index (κ1) is 16.2. The lowest BCUT2D eigenvalue weighted by Gasteiger charge is -2.25. The maximum atomic E-state index is 9.81. The van der Waals surface area contributed by atoms with Crippen molar-refractivity contribution in [3.05, 3.63) is 53.6 Å². The smallest absolute Gasteiger partial charge is 0.116 e. The molecule has 3 aromatic rings. The summed E-state index contributed by atoms with van der Waals surface area (Å²) in [5.41, 5.74) is 4.84. The van der Waals surface area contributed by atoms with Crippen molar-refractivity contribution in [3.63, 3.8) is 0 Å². The van der Waals surface area contributed by atoms with Crippen LogP contribution in [0.4, 0.5) is 0 Å². The number of aromatic nitrogens is 4. The molecular formula is C19H19ClN4O. The topological polar surface area (TPSA) is 74.7 Å². The second kappa shape index (κ2) is 6.94. The molecule has 1 aliphatic carbocycles. The van der Waals surface area contributed by atoms with Gasteiger partial charge in [-0.1, -0.05) is 23.7 Å². The largest absolute Gasteiger partial charge is 0.393 e. The highest BCUT2D eigenvalue weighted by Gasteiger charge is 2.27. The van der Waals surface area contributed by atoms with Crippen LogP contribution in [-0.4, -0.2) is 31.4 Å². The molecule has 0 saturated heterocycles. The van der Waals surface area contributed by atoms with Crippen molar-refractivity contribution in [3.8, 4) is 22.5 Å². The van der Waals surface area contributed by atoms with Gasteiger partial charge in [0.15, 0.2) is 0 Å². The van der Waals surface area contributed by atoms with Crippen molar-refractivity contribution in [1.29, 1.82) is 0 Å². The van der Waals surface area contributed by atoms with Crippen molar-refractivity contribution in [2.45, 2.75) is 37.7 Å². The molecular weight excluding hydrogens is 336 g/mol. The Morgan fingerprint density at radius 1 is 1.04 bits per heavy atom. The number of hydrogen-bond acceptors (Lipinski definition) is 4. The summed E-state index contributed by atoms with van der Waals surface area (Å²) < 4.78 is 0. The molecule has 0 radical (unpaired) electrons. The first-order chi connectivity index (χ1) is 12.2. The monoisotopic (exact) mass is 354 g/mol. The molecule has 1 saturated carbocycles. The van der Waals surface area contributed by atoms with Gasteiger partial charge in [-0.3, -0.25) is 5.10 Å². The second-order valence-electron chi connectivity index (χ2n) is 6.47. The molecule has 0 bridgehead atoms. The summed E-state index contributed by atoms with van der Waals surface area (Å²) in [5, 5.41) is 18.4. The molecule has 0 atom stereocenters. The lowest BCUT2D eigenvalue weighted by Crippen LogP contribution is -2.17. The Morgan fingerprint density at radius 2 is 1.80 bits per heavy atom. The van der Waals surface area contributed by atoms with Gasteiger partial charge in [-0.25, -0.2) is 9.97 Å². The van der Waals surface area contributed by atoms with Gasteiger partial charge >= 0.3 is 0 Å². The van der Waals surface area contributed by atoms with Gasteiger partial charge in [-0.05, 0) is 43.9 Å². The number of halogens is 1. The highest BCUT2D eigenvalue weighted by molar-refractivity contribution is 6.30. The Morgan fingerprint density at radius 3 is 2.48 bits per heavy atom. The molecule has 2 N–H and O–H groups in total. The average Bonchev–Trinajstić information content (AvgIpc) is 3.09. The number of aliphatic hydroxyl groups excluding tert-OH is 1. The van der Waals surface area contributed by atoms with E-state index in [1.54, 1.807) is 12.5 Å². The normalized spacial score (nSPS) is 20.6. The number of nitrogens with zero attached hydrogens (tertiary/aromatic N) is 3. The predicted molar refractivity (Wildman–Crippen MR) is 97.3 cm³/mol. The lowest BCUT2D eigenvalue weighted by molar-refractivity contribution is 0.122. The fourth-order valence-electron chi connectivity index (χ4n) is 3.53. The number of nitrogens with one attached hydrogen (secondary N) is 1. The highest BCUT2D eigenvalue weighted by atomic mass is 35.5. The summed E-state index contributed by atoms with van der Waals surface area (Å²) in [5.74, 6) is 0.349. The lowest BCUT2D eigenvalue weighted by atomic mass is 9.83. The van der Waals surface area contributed by atoms with Crippen molar-refractivity contribution in [2.24, 2.45) is 0 Å². The van der Waals surface area contributed by atoms with Crippen LogP contribution in [0.1, 0.15) is 37.3 Å². The molecule has 4 rings (SSSR count). The molecule has 0 spiro atoms. The number of aromatic amines is 1. The van der Waals surface area contributed by atoms with E-state index >= 15 is 0 Å². The van der Waals surface area contributed by atoms with Crippen LogP contribution >= 0.6 is 11.6 Å². The molecule has 2 heterocycles. The quantitative estimate of drug-likeness (QED) is 0.739. The van der Waals surface area contributed by atoms with Crippen molar-refractivity contribution < 1.29 is 5.11 Å². The summed E-state index contributed by atoms with van der Waals surface area (Å²) >= 11 is 6.02. The minimum absolute atomic E-state index is 0.183. The van der Waals surface area contributed by atoms with Gasteiger partial charge in [0.25, 0.3) is 0 Å². The van der Waals surface area contributed by atoms with Crippen LogP contribution in [0, 0.1) is 0 Å². The third kappa shape index (κ3) is 3.30. The maximum Gasteiger partial charge on any atom is 0.116 e. The predicted octanol–water partition coefficient (Wildman–Crippen LogP) is 4.21. The van der Waals surface area contributed by atoms with Crippen molar-refractivity contribution in [1.82, 2.24) is 20.2 Å². The number of benzene rings is 1. The summed E-state index contributed by atoms with van der Waals surface area (Å²) in [6.07, 6.45) is 6.66. The van der Waals surface area contributed by atoms with E-state index in [1.807, 2.05) is 30.3 Å². The molecule has 6 heteroatoms. The van der Waals surface area contributed by atoms with E-state index in [0.29, 0.717) is 10.9 Å². The molecule has 2 aromatic heterocycles. The zero-order chi connectivity index (χ0) is 17.2. The van der Waals surface area contributed by atoms with Crippen LogP contribution in [0.5, 0.6) is 0 Å². The van der Waals surface area contributed by atoms with E-state index in [-0.39, 0.29) is 6.10 Å². The molecule has 1 aliphatic rings. The van der Waals surface area contributed by atoms with Gasteiger partial charge in [0.2, 0.25) is 0 Å². The molecule has 25 heavy (non-hydrogen) atoms. The summed E-state index contributed by atoms with van der Waals surface area (Å²) in [6, 6.07) is 9.58. The fourth-order valence-corrected chi connectivity index (χ4v) is 3.66. The summed E-state index contributed by atoms with van der Waals surface area (Å²) in [7, 11) is 0. The zero-order valence-corrected chi connectivity index (χ0v) is 14.4. The van der Waals surface area contributed by atoms with Gasteiger partial charge in [0.1, 0.15) is 12.0 Å². The molecule has 0 unspecified atom stereocenters. The maximum absolute atomic E-state index is 9.81. The van der Waals surface area contributed by atoms with Crippen LogP contribution in [0.15, 0.2) is 42.9 Å². The number of rotatable bonds is 3. The van der Waals surface area contributed by atoms with Crippen molar-refractivity contribution in [2.75, 3.05) is 0 Å². The van der Waals surface area contributed by atoms with Gasteiger partial charge in [0.05, 0.1) is 11.8 Å². The van der Waals surface area contributed by atoms with Gasteiger partial charge in [-0.15, -0.1) is 0 Å². The van der Waals surface area contributed by atoms with Gasteiger partial charge in [0, 0.05) is 34.0 Å². The highest BCUT2D eigenvalue weighted by Crippen LogP contribution is 2.40. The standard InChI is InChI=1S/C19H19ClN4O/c20-14-5-1-12(2-6-14)18-17(16-9-10-21-11-22-16)19(24-23-18)13-3-7-15(25)8-4-13/h1-2,5-6,9-11,13,15,25H,3-4,7-8H2,(H,23,24). The Bertz CT molecular complexity index is 840. The number of H-pyrrole nitrogens is 1. The van der Waals surface area contributed by atoms with Gasteiger partial charge < -0.3 is 5.11 Å². The first-order valence-corrected chi connectivity index (χ1v) is 8.89. The van der Waals surface area contributed by atoms with Crippen molar-refractivity contribution >= 4 is 11.6 Å². The molecule has 1 fully saturated rings. The molecule has 5 nitrogen and oxygen atoms in total. The van der Waals surface area contributed by atoms with Crippen LogP contribution in [0.25, 0.3) is 22.5 Å². The molecule has 0 aliphatic heterocycles. The van der Waals surface area contributed by atoms with E-state index in [2.05, 4.69) is 20.2 Å². The Balaban J connectivity index is 1.81. The SMILES string of the molecule is OC1CCC(c2[nH]nc(-c3ccc(Cl)cc3)c2-c2ccncn2)CC1. The van der Waals surface area contributed by atoms with E-state index in [9.17, 15) is 5.11 Å². The molecule has 128 valence electrons. The van der Waals surface area contributed by atoms with Crippen LogP contribution in [0.2, 0.25) is 5.02 Å². The second-order valence-corrected chi connectivity index (χ2v) is 6.90. The third-order valence-corrected chi connectivity index (χ3v) is 5.11. The number of aliphatic hydroxyl groups is 1. The molecule has 1 aromatic carbocycles. The van der Waals surface area contributed by atoms with E-state index in [0.717, 1.165) is 53.9 Å². The Labute approximate surface area is 151 Å². The zero-order valence-electron chi connectivity index (χ0n) is 13.7. The Kier molecular flexibility index (Phi) is 4.51. The summed E-state index contributed by atoms with van der Waals surface area (Å²) in [4.78, 5) is 8.48. The minimum atomic E-state index is -0.183.